The molecule has 0 amide bonds. The Morgan fingerprint density at radius 3 is 1.55 bits per heavy atom. The number of halogens is 2. The van der Waals surface area contributed by atoms with E-state index in [9.17, 15) is 4.79 Å². The van der Waals surface area contributed by atoms with Crippen molar-refractivity contribution in [2.75, 3.05) is 0 Å². The number of hydrogen-bond donors (Lipinski definition) is 0. The number of ketones is 1. The van der Waals surface area contributed by atoms with Crippen LogP contribution in [0.1, 0.15) is 11.1 Å². The fourth-order valence-corrected chi connectivity index (χ4v) is 1.77. The van der Waals surface area contributed by atoms with Gasteiger partial charge in [-0.15, -0.1) is 0 Å². The summed E-state index contributed by atoms with van der Waals surface area (Å²) in [5, 5.41) is 1.01. The Labute approximate surface area is 127 Å². The highest BCUT2D eigenvalue weighted by Gasteiger charge is 1.96. The minimum absolute atomic E-state index is 0.482. The molecule has 1 nitrogen and oxygen atoms in total. The van der Waals surface area contributed by atoms with Crippen molar-refractivity contribution in [2.45, 2.75) is 0 Å². The molecule has 0 aromatic heterocycles. The normalized spacial score (nSPS) is 8.90. The Hall–Kier alpha value is -2.19. The van der Waals surface area contributed by atoms with E-state index in [0.29, 0.717) is 21.2 Å². The monoisotopic (exact) mass is 298 g/mol. The van der Waals surface area contributed by atoms with E-state index in [0.717, 1.165) is 0 Å². The summed E-state index contributed by atoms with van der Waals surface area (Å²) in [5.74, 6) is 9.79. The second-order valence-electron chi connectivity index (χ2n) is 3.79. The van der Waals surface area contributed by atoms with Gasteiger partial charge in [0.25, 0.3) is 5.78 Å². The maximum absolute atomic E-state index is 11.6. The molecule has 0 saturated heterocycles. The van der Waals surface area contributed by atoms with Crippen molar-refractivity contribution in [1.82, 2.24) is 0 Å². The Kier molecular flexibility index (Phi) is 4.85. The lowest BCUT2D eigenvalue weighted by atomic mass is 10.2. The average molecular weight is 299 g/mol. The van der Waals surface area contributed by atoms with Crippen LogP contribution < -0.4 is 0 Å². The number of hydrogen-bond acceptors (Lipinski definition) is 1. The van der Waals surface area contributed by atoms with Gasteiger partial charge in [0.2, 0.25) is 0 Å². The quantitative estimate of drug-likeness (QED) is 0.673. The lowest BCUT2D eigenvalue weighted by Crippen LogP contribution is -1.88. The molecule has 2 aromatic carbocycles. The minimum Gasteiger partial charge on any atom is -0.270 e. The molecule has 0 heterocycles. The van der Waals surface area contributed by atoms with E-state index < -0.39 is 5.78 Å². The Morgan fingerprint density at radius 1 is 0.750 bits per heavy atom. The molecule has 0 aliphatic carbocycles. The van der Waals surface area contributed by atoms with E-state index in [4.69, 9.17) is 23.2 Å². The molecule has 0 bridgehead atoms. The molecule has 0 atom stereocenters. The van der Waals surface area contributed by atoms with Gasteiger partial charge in [-0.05, 0) is 36.1 Å². The van der Waals surface area contributed by atoms with Crippen LogP contribution >= 0.6 is 23.2 Å². The largest absolute Gasteiger partial charge is 0.279 e. The SMILES string of the molecule is O=C(C#Cc1ccccc1Cl)C#Cc1ccccc1Cl. The van der Waals surface area contributed by atoms with Crippen molar-refractivity contribution in [2.24, 2.45) is 0 Å². The van der Waals surface area contributed by atoms with Gasteiger partial charge in [-0.2, -0.15) is 0 Å². The van der Waals surface area contributed by atoms with Crippen molar-refractivity contribution >= 4 is 29.0 Å². The summed E-state index contributed by atoms with van der Waals surface area (Å²) in [6.07, 6.45) is 0. The molecule has 0 radical (unpaired) electrons. The van der Waals surface area contributed by atoms with E-state index in [2.05, 4.69) is 23.7 Å². The fraction of sp³-hybridized carbons (Fsp3) is 0. The third kappa shape index (κ3) is 3.90. The zero-order chi connectivity index (χ0) is 14.4. The summed E-state index contributed by atoms with van der Waals surface area (Å²) >= 11 is 11.9. The predicted molar refractivity (Wildman–Crippen MR) is 81.7 cm³/mol. The van der Waals surface area contributed by atoms with Gasteiger partial charge in [0.1, 0.15) is 0 Å². The number of Topliss-reactive ketones (excluding diaryl/α,β-unsaturated/α-hetero) is 1. The number of rotatable bonds is 0. The highest BCUT2D eigenvalue weighted by Crippen LogP contribution is 2.13. The molecule has 20 heavy (non-hydrogen) atoms. The van der Waals surface area contributed by atoms with Crippen molar-refractivity contribution in [3.63, 3.8) is 0 Å². The van der Waals surface area contributed by atoms with Crippen LogP contribution in [-0.2, 0) is 4.79 Å². The average Bonchev–Trinajstić information content (AvgIpc) is 2.45. The summed E-state index contributed by atoms with van der Waals surface area (Å²) in [5.41, 5.74) is 1.20. The Morgan fingerprint density at radius 2 is 1.15 bits per heavy atom. The van der Waals surface area contributed by atoms with Gasteiger partial charge in [-0.1, -0.05) is 59.3 Å². The van der Waals surface area contributed by atoms with Gasteiger partial charge in [-0.3, -0.25) is 4.79 Å². The van der Waals surface area contributed by atoms with Crippen LogP contribution in [-0.4, -0.2) is 5.78 Å². The van der Waals surface area contributed by atoms with Crippen LogP contribution in [0.15, 0.2) is 48.5 Å². The van der Waals surface area contributed by atoms with E-state index in [1.165, 1.54) is 0 Å². The van der Waals surface area contributed by atoms with E-state index >= 15 is 0 Å². The number of carbonyl (C=O) groups is 1. The molecule has 2 aromatic rings. The first kappa shape index (κ1) is 14.2. The molecule has 3 heteroatoms. The van der Waals surface area contributed by atoms with Crippen LogP contribution in [0.25, 0.3) is 0 Å². The number of benzene rings is 2. The highest BCUT2D eigenvalue weighted by molar-refractivity contribution is 6.32. The lowest BCUT2D eigenvalue weighted by Gasteiger charge is -1.92. The smallest absolute Gasteiger partial charge is 0.270 e. The molecule has 0 aliphatic rings. The van der Waals surface area contributed by atoms with Crippen LogP contribution in [0.4, 0.5) is 0 Å². The summed E-state index contributed by atoms with van der Waals surface area (Å²) in [6, 6.07) is 14.1. The standard InChI is InChI=1S/C17H8Cl2O/c18-16-7-3-1-5-13(16)9-11-15(20)12-10-14-6-2-4-8-17(14)19/h1-8H. The molecule has 0 fully saturated rings. The molecule has 0 N–H and O–H groups in total. The first-order valence-electron chi connectivity index (χ1n) is 5.74. The molecular formula is C17H8Cl2O. The van der Waals surface area contributed by atoms with Gasteiger partial charge in [0.05, 0.1) is 10.0 Å². The third-order valence-electron chi connectivity index (χ3n) is 2.37. The molecule has 0 spiro atoms. The van der Waals surface area contributed by atoms with Crippen molar-refractivity contribution in [3.05, 3.63) is 69.7 Å². The van der Waals surface area contributed by atoms with E-state index in [1.54, 1.807) is 48.5 Å². The molecular weight excluding hydrogens is 291 g/mol. The van der Waals surface area contributed by atoms with Crippen LogP contribution in [0.5, 0.6) is 0 Å². The highest BCUT2D eigenvalue weighted by atomic mass is 35.5. The molecule has 2 rings (SSSR count). The van der Waals surface area contributed by atoms with Gasteiger partial charge in [0, 0.05) is 11.1 Å². The van der Waals surface area contributed by atoms with Gasteiger partial charge < -0.3 is 0 Å². The maximum Gasteiger partial charge on any atom is 0.279 e. The Bertz CT molecular complexity index is 705. The van der Waals surface area contributed by atoms with Gasteiger partial charge >= 0.3 is 0 Å². The Balaban J connectivity index is 2.16. The van der Waals surface area contributed by atoms with Gasteiger partial charge in [-0.25, -0.2) is 0 Å². The summed E-state index contributed by atoms with van der Waals surface area (Å²) in [4.78, 5) is 11.6. The van der Waals surface area contributed by atoms with Crippen molar-refractivity contribution in [3.8, 4) is 23.7 Å². The van der Waals surface area contributed by atoms with Crippen molar-refractivity contribution in [1.29, 1.82) is 0 Å². The van der Waals surface area contributed by atoms with Crippen LogP contribution in [0.3, 0.4) is 0 Å². The fourth-order valence-electron chi connectivity index (χ4n) is 1.40. The predicted octanol–water partition coefficient (Wildman–Crippen LogP) is 3.97. The summed E-state index contributed by atoms with van der Waals surface area (Å²) in [7, 11) is 0. The maximum atomic E-state index is 11.6. The minimum atomic E-state index is -0.482. The third-order valence-corrected chi connectivity index (χ3v) is 3.03. The van der Waals surface area contributed by atoms with Gasteiger partial charge in [0.15, 0.2) is 0 Å². The number of carbonyl (C=O) groups excluding carboxylic acids is 1. The second-order valence-corrected chi connectivity index (χ2v) is 4.60. The van der Waals surface area contributed by atoms with Crippen molar-refractivity contribution < 1.29 is 4.79 Å². The zero-order valence-electron chi connectivity index (χ0n) is 10.3. The molecule has 0 aliphatic heterocycles. The second kappa shape index (κ2) is 6.83. The van der Waals surface area contributed by atoms with E-state index in [-0.39, 0.29) is 0 Å². The van der Waals surface area contributed by atoms with Crippen LogP contribution in [0.2, 0.25) is 10.0 Å². The molecule has 96 valence electrons. The van der Waals surface area contributed by atoms with Crippen LogP contribution in [0, 0.1) is 23.7 Å². The summed E-state index contributed by atoms with van der Waals surface area (Å²) < 4.78 is 0. The topological polar surface area (TPSA) is 17.1 Å². The summed E-state index contributed by atoms with van der Waals surface area (Å²) in [6.45, 7) is 0. The molecule has 0 unspecified atom stereocenters. The van der Waals surface area contributed by atoms with E-state index in [1.807, 2.05) is 0 Å². The lowest BCUT2D eigenvalue weighted by molar-refractivity contribution is -0.108. The molecule has 0 saturated carbocycles. The zero-order valence-corrected chi connectivity index (χ0v) is 11.8. The first-order valence-corrected chi connectivity index (χ1v) is 6.49. The first-order chi connectivity index (χ1) is 9.66.